The minimum Gasteiger partial charge on any atom is -0.398 e. The quantitative estimate of drug-likeness (QED) is 0.502. The van der Waals surface area contributed by atoms with E-state index >= 15 is 0 Å². The Labute approximate surface area is 130 Å². The predicted octanol–water partition coefficient (Wildman–Crippen LogP) is 5.16. The molecule has 2 nitrogen and oxygen atoms in total. The third-order valence-electron chi connectivity index (χ3n) is 4.66. The molecule has 118 valence electrons. The second kappa shape index (κ2) is 8.96. The number of anilines is 2. The lowest BCUT2D eigenvalue weighted by Gasteiger charge is -2.32. The van der Waals surface area contributed by atoms with Gasteiger partial charge in [0, 0.05) is 24.5 Å². The number of nitrogens with zero attached hydrogens (tertiary/aromatic N) is 1. The van der Waals surface area contributed by atoms with Crippen LogP contribution in [0.4, 0.5) is 11.4 Å². The van der Waals surface area contributed by atoms with Gasteiger partial charge in [-0.05, 0) is 37.0 Å². The topological polar surface area (TPSA) is 29.3 Å². The largest absolute Gasteiger partial charge is 0.398 e. The number of hydrogen-bond acceptors (Lipinski definition) is 2. The van der Waals surface area contributed by atoms with Crippen LogP contribution in [0.3, 0.4) is 0 Å². The van der Waals surface area contributed by atoms with Crippen LogP contribution in [0.2, 0.25) is 0 Å². The summed E-state index contributed by atoms with van der Waals surface area (Å²) in [6.07, 6.45) is 13.5. The Morgan fingerprint density at radius 1 is 1.00 bits per heavy atom. The molecule has 0 saturated carbocycles. The minimum atomic E-state index is 0.980. The normalized spacial score (nSPS) is 14.2. The molecular weight excluding hydrogens is 256 g/mol. The van der Waals surface area contributed by atoms with E-state index in [0.717, 1.165) is 12.1 Å². The molecule has 1 aromatic rings. The van der Waals surface area contributed by atoms with E-state index in [1.165, 1.54) is 82.1 Å². The summed E-state index contributed by atoms with van der Waals surface area (Å²) < 4.78 is 0. The van der Waals surface area contributed by atoms with Crippen molar-refractivity contribution in [3.8, 4) is 0 Å². The van der Waals surface area contributed by atoms with Crippen molar-refractivity contribution in [2.24, 2.45) is 0 Å². The molecule has 0 fully saturated rings. The molecule has 1 aliphatic rings. The van der Waals surface area contributed by atoms with Crippen molar-refractivity contribution in [3.05, 3.63) is 23.8 Å². The van der Waals surface area contributed by atoms with E-state index in [4.69, 9.17) is 5.73 Å². The van der Waals surface area contributed by atoms with E-state index < -0.39 is 0 Å². The zero-order chi connectivity index (χ0) is 14.9. The molecule has 0 aliphatic carbocycles. The Morgan fingerprint density at radius 2 is 1.71 bits per heavy atom. The third kappa shape index (κ3) is 4.94. The molecule has 0 bridgehead atoms. The number of rotatable bonds is 9. The second-order valence-electron chi connectivity index (χ2n) is 6.41. The van der Waals surface area contributed by atoms with Gasteiger partial charge in [-0.25, -0.2) is 0 Å². The van der Waals surface area contributed by atoms with Gasteiger partial charge in [-0.3, -0.25) is 0 Å². The molecule has 0 spiro atoms. The van der Waals surface area contributed by atoms with Crippen molar-refractivity contribution in [1.82, 2.24) is 0 Å². The van der Waals surface area contributed by atoms with Crippen molar-refractivity contribution in [3.63, 3.8) is 0 Å². The van der Waals surface area contributed by atoms with Gasteiger partial charge in [-0.1, -0.05) is 57.9 Å². The molecule has 1 aromatic carbocycles. The highest BCUT2D eigenvalue weighted by atomic mass is 15.1. The van der Waals surface area contributed by atoms with Gasteiger partial charge in [0.25, 0.3) is 0 Å². The molecule has 1 heterocycles. The summed E-state index contributed by atoms with van der Waals surface area (Å²) in [6.45, 7) is 4.68. The average molecular weight is 288 g/mol. The standard InChI is InChI=1S/C19H32N2/c1-2-3-4-5-6-7-8-9-15-21-16-11-12-17-18(20)13-10-14-19(17)21/h10,13-14H,2-9,11-12,15-16,20H2,1H3. The monoisotopic (exact) mass is 288 g/mol. The molecular formula is C19H32N2. The zero-order valence-electron chi connectivity index (χ0n) is 13.7. The van der Waals surface area contributed by atoms with Crippen LogP contribution in [0.25, 0.3) is 0 Å². The lowest BCUT2D eigenvalue weighted by Crippen LogP contribution is -2.30. The molecule has 0 aromatic heterocycles. The van der Waals surface area contributed by atoms with Gasteiger partial charge in [0.15, 0.2) is 0 Å². The number of nitrogens with two attached hydrogens (primary N) is 1. The first kappa shape index (κ1) is 16.2. The smallest absolute Gasteiger partial charge is 0.0419 e. The van der Waals surface area contributed by atoms with E-state index in [1.807, 2.05) is 6.07 Å². The van der Waals surface area contributed by atoms with Crippen LogP contribution in [-0.2, 0) is 6.42 Å². The summed E-state index contributed by atoms with van der Waals surface area (Å²) in [5, 5.41) is 0. The highest BCUT2D eigenvalue weighted by Crippen LogP contribution is 2.31. The first-order valence-corrected chi connectivity index (χ1v) is 8.95. The van der Waals surface area contributed by atoms with Crippen LogP contribution in [0.15, 0.2) is 18.2 Å². The molecule has 0 unspecified atom stereocenters. The summed E-state index contributed by atoms with van der Waals surface area (Å²) >= 11 is 0. The maximum absolute atomic E-state index is 6.11. The Bertz CT molecular complexity index is 414. The number of benzene rings is 1. The lowest BCUT2D eigenvalue weighted by atomic mass is 9.99. The molecule has 0 amide bonds. The van der Waals surface area contributed by atoms with Gasteiger partial charge >= 0.3 is 0 Å². The van der Waals surface area contributed by atoms with Crippen molar-refractivity contribution < 1.29 is 0 Å². The Hall–Kier alpha value is -1.18. The Kier molecular flexibility index (Phi) is 6.91. The van der Waals surface area contributed by atoms with Crippen molar-refractivity contribution >= 4 is 11.4 Å². The van der Waals surface area contributed by atoms with Crippen LogP contribution in [0.5, 0.6) is 0 Å². The van der Waals surface area contributed by atoms with E-state index in [1.54, 1.807) is 0 Å². The molecule has 0 radical (unpaired) electrons. The average Bonchev–Trinajstić information content (AvgIpc) is 2.51. The Balaban J connectivity index is 1.67. The van der Waals surface area contributed by atoms with E-state index in [2.05, 4.69) is 24.0 Å². The molecule has 1 aliphatic heterocycles. The summed E-state index contributed by atoms with van der Waals surface area (Å²) in [5.74, 6) is 0. The number of hydrogen-bond donors (Lipinski definition) is 1. The number of fused-ring (bicyclic) bond motifs is 1. The summed E-state index contributed by atoms with van der Waals surface area (Å²) in [7, 11) is 0. The predicted molar refractivity (Wildman–Crippen MR) is 94.0 cm³/mol. The zero-order valence-corrected chi connectivity index (χ0v) is 13.7. The molecule has 2 heteroatoms. The highest BCUT2D eigenvalue weighted by molar-refractivity contribution is 5.66. The van der Waals surface area contributed by atoms with Gasteiger partial charge in [-0.2, -0.15) is 0 Å². The first-order valence-electron chi connectivity index (χ1n) is 8.95. The second-order valence-corrected chi connectivity index (χ2v) is 6.41. The lowest BCUT2D eigenvalue weighted by molar-refractivity contribution is 0.566. The molecule has 0 saturated heterocycles. The van der Waals surface area contributed by atoms with Gasteiger partial charge in [0.2, 0.25) is 0 Å². The van der Waals surface area contributed by atoms with Crippen molar-refractivity contribution in [2.45, 2.75) is 71.1 Å². The summed E-state index contributed by atoms with van der Waals surface area (Å²) in [6, 6.07) is 6.38. The number of nitrogen functional groups attached to an aromatic ring is 1. The van der Waals surface area contributed by atoms with Gasteiger partial charge in [-0.15, -0.1) is 0 Å². The van der Waals surface area contributed by atoms with E-state index in [9.17, 15) is 0 Å². The number of unbranched alkanes of at least 4 members (excludes halogenated alkanes) is 7. The highest BCUT2D eigenvalue weighted by Gasteiger charge is 2.17. The molecule has 2 N–H and O–H groups in total. The molecule has 2 rings (SSSR count). The first-order chi connectivity index (χ1) is 10.3. The summed E-state index contributed by atoms with van der Waals surface area (Å²) in [4.78, 5) is 2.55. The maximum Gasteiger partial charge on any atom is 0.0419 e. The van der Waals surface area contributed by atoms with Crippen LogP contribution >= 0.6 is 0 Å². The minimum absolute atomic E-state index is 0.980. The van der Waals surface area contributed by atoms with Crippen LogP contribution < -0.4 is 10.6 Å². The van der Waals surface area contributed by atoms with E-state index in [0.29, 0.717) is 0 Å². The van der Waals surface area contributed by atoms with Gasteiger partial charge in [0.1, 0.15) is 0 Å². The van der Waals surface area contributed by atoms with E-state index in [-0.39, 0.29) is 0 Å². The van der Waals surface area contributed by atoms with Crippen molar-refractivity contribution in [2.75, 3.05) is 23.7 Å². The fraction of sp³-hybridized carbons (Fsp3) is 0.684. The molecule has 0 atom stereocenters. The fourth-order valence-corrected chi connectivity index (χ4v) is 3.40. The Morgan fingerprint density at radius 3 is 2.48 bits per heavy atom. The SMILES string of the molecule is CCCCCCCCCCN1CCCc2c(N)cccc21. The van der Waals surface area contributed by atoms with Crippen LogP contribution in [-0.4, -0.2) is 13.1 Å². The van der Waals surface area contributed by atoms with Crippen molar-refractivity contribution in [1.29, 1.82) is 0 Å². The fourth-order valence-electron chi connectivity index (χ4n) is 3.40. The van der Waals surface area contributed by atoms with Gasteiger partial charge < -0.3 is 10.6 Å². The van der Waals surface area contributed by atoms with Gasteiger partial charge in [0.05, 0.1) is 0 Å². The maximum atomic E-state index is 6.11. The molecule has 21 heavy (non-hydrogen) atoms. The summed E-state index contributed by atoms with van der Waals surface area (Å²) in [5.41, 5.74) is 9.86. The third-order valence-corrected chi connectivity index (χ3v) is 4.66. The van der Waals surface area contributed by atoms with Crippen LogP contribution in [0, 0.1) is 0 Å². The van der Waals surface area contributed by atoms with Crippen LogP contribution in [0.1, 0.15) is 70.3 Å².